The maximum absolute atomic E-state index is 12.6. The van der Waals surface area contributed by atoms with Crippen molar-refractivity contribution in [1.82, 2.24) is 4.90 Å². The number of methoxy groups -OCH3 is 4. The third kappa shape index (κ3) is 4.91. The summed E-state index contributed by atoms with van der Waals surface area (Å²) in [6.07, 6.45) is 1.22. The van der Waals surface area contributed by atoms with Crippen LogP contribution in [0.4, 0.5) is 0 Å². The Labute approximate surface area is 205 Å². The van der Waals surface area contributed by atoms with Gasteiger partial charge in [-0.15, -0.1) is 0 Å². The summed E-state index contributed by atoms with van der Waals surface area (Å²) in [4.78, 5) is 14.7. The highest BCUT2D eigenvalue weighted by atomic mass is 16.5. The molecule has 184 valence electrons. The Bertz CT molecular complexity index is 1180. The van der Waals surface area contributed by atoms with Gasteiger partial charge < -0.3 is 24.1 Å². The molecule has 7 heteroatoms. The van der Waals surface area contributed by atoms with E-state index in [1.807, 2.05) is 60.7 Å². The van der Waals surface area contributed by atoms with E-state index in [-0.39, 0.29) is 6.04 Å². The number of aliphatic carboxylic acids is 1. The smallest absolute Gasteiger partial charge is 0.325 e. The number of carboxylic acid groups (broad SMARTS) is 1. The van der Waals surface area contributed by atoms with Crippen molar-refractivity contribution < 1.29 is 28.8 Å². The van der Waals surface area contributed by atoms with E-state index < -0.39 is 12.0 Å². The summed E-state index contributed by atoms with van der Waals surface area (Å²) < 4.78 is 22.3. The van der Waals surface area contributed by atoms with Crippen molar-refractivity contribution in [2.24, 2.45) is 0 Å². The molecule has 0 aromatic heterocycles. The van der Waals surface area contributed by atoms with Gasteiger partial charge in [-0.3, -0.25) is 9.69 Å². The van der Waals surface area contributed by atoms with Crippen LogP contribution >= 0.6 is 0 Å². The van der Waals surface area contributed by atoms with Crippen LogP contribution < -0.4 is 18.9 Å². The number of carboxylic acids is 1. The zero-order chi connectivity index (χ0) is 24.9. The summed E-state index contributed by atoms with van der Waals surface area (Å²) in [7, 11) is 6.49. The van der Waals surface area contributed by atoms with Crippen LogP contribution in [0.1, 0.15) is 34.3 Å². The summed E-state index contributed by atoms with van der Waals surface area (Å²) in [6, 6.07) is 18.0. The molecule has 0 radical (unpaired) electrons. The van der Waals surface area contributed by atoms with Crippen molar-refractivity contribution in [2.75, 3.05) is 35.0 Å². The fourth-order valence-corrected chi connectivity index (χ4v) is 4.94. The lowest BCUT2D eigenvalue weighted by molar-refractivity contribution is -0.145. The molecule has 1 aliphatic heterocycles. The van der Waals surface area contributed by atoms with E-state index in [0.717, 1.165) is 28.0 Å². The van der Waals surface area contributed by atoms with E-state index in [9.17, 15) is 9.90 Å². The van der Waals surface area contributed by atoms with Crippen LogP contribution in [0.25, 0.3) is 0 Å². The molecule has 3 aromatic rings. The van der Waals surface area contributed by atoms with E-state index >= 15 is 0 Å². The first-order valence-corrected chi connectivity index (χ1v) is 11.5. The first-order valence-electron chi connectivity index (χ1n) is 11.5. The normalized spacial score (nSPS) is 16.2. The molecule has 0 saturated heterocycles. The van der Waals surface area contributed by atoms with Crippen LogP contribution in [0.5, 0.6) is 23.0 Å². The minimum Gasteiger partial charge on any atom is -0.497 e. The molecule has 0 bridgehead atoms. The number of benzene rings is 3. The van der Waals surface area contributed by atoms with Crippen molar-refractivity contribution in [3.63, 3.8) is 0 Å². The van der Waals surface area contributed by atoms with Crippen LogP contribution in [0, 0.1) is 0 Å². The molecule has 1 N–H and O–H groups in total. The molecular formula is C28H31NO6. The molecule has 2 atom stereocenters. The summed E-state index contributed by atoms with van der Waals surface area (Å²) in [5.74, 6) is 1.83. The maximum Gasteiger partial charge on any atom is 0.325 e. The van der Waals surface area contributed by atoms with Gasteiger partial charge in [0.05, 0.1) is 28.4 Å². The highest BCUT2D eigenvalue weighted by Gasteiger charge is 2.38. The van der Waals surface area contributed by atoms with Crippen molar-refractivity contribution in [3.8, 4) is 23.0 Å². The van der Waals surface area contributed by atoms with E-state index in [1.165, 1.54) is 0 Å². The molecular weight excluding hydrogens is 446 g/mol. The molecule has 0 fully saturated rings. The van der Waals surface area contributed by atoms with Crippen LogP contribution in [-0.2, 0) is 17.6 Å². The molecule has 1 heterocycles. The van der Waals surface area contributed by atoms with E-state index in [2.05, 4.69) is 4.90 Å². The molecule has 1 aliphatic rings. The largest absolute Gasteiger partial charge is 0.497 e. The molecule has 0 amide bonds. The molecule has 4 rings (SSSR count). The van der Waals surface area contributed by atoms with Gasteiger partial charge in [-0.1, -0.05) is 30.3 Å². The van der Waals surface area contributed by atoms with Gasteiger partial charge in [-0.2, -0.15) is 0 Å². The maximum atomic E-state index is 12.6. The summed E-state index contributed by atoms with van der Waals surface area (Å²) in [6.45, 7) is 0.575. The Kier molecular flexibility index (Phi) is 7.46. The second-order valence-electron chi connectivity index (χ2n) is 8.44. The fraction of sp³-hybridized carbons (Fsp3) is 0.321. The van der Waals surface area contributed by atoms with Gasteiger partial charge in [-0.25, -0.2) is 0 Å². The van der Waals surface area contributed by atoms with Crippen LogP contribution in [-0.4, -0.2) is 51.0 Å². The molecule has 7 nitrogen and oxygen atoms in total. The minimum absolute atomic E-state index is 0.249. The fourth-order valence-electron chi connectivity index (χ4n) is 4.94. The van der Waals surface area contributed by atoms with Gasteiger partial charge in [0, 0.05) is 12.6 Å². The van der Waals surface area contributed by atoms with Gasteiger partial charge in [-0.05, 0) is 65.4 Å². The van der Waals surface area contributed by atoms with E-state index in [4.69, 9.17) is 18.9 Å². The molecule has 0 saturated carbocycles. The summed E-state index contributed by atoms with van der Waals surface area (Å²) in [5, 5.41) is 10.3. The third-order valence-electron chi connectivity index (χ3n) is 6.63. The predicted molar refractivity (Wildman–Crippen MR) is 133 cm³/mol. The number of nitrogens with zero attached hydrogens (tertiary/aromatic N) is 1. The highest BCUT2D eigenvalue weighted by Crippen LogP contribution is 2.44. The first kappa shape index (κ1) is 24.4. The lowest BCUT2D eigenvalue weighted by Crippen LogP contribution is -2.42. The molecule has 35 heavy (non-hydrogen) atoms. The van der Waals surface area contributed by atoms with Crippen LogP contribution in [0.3, 0.4) is 0 Å². The summed E-state index contributed by atoms with van der Waals surface area (Å²) in [5.41, 5.74) is 3.80. The second-order valence-corrected chi connectivity index (χ2v) is 8.44. The molecule has 0 spiro atoms. The number of hydrogen-bond donors (Lipinski definition) is 1. The molecule has 2 unspecified atom stereocenters. The Morgan fingerprint density at radius 3 is 2.23 bits per heavy atom. The lowest BCUT2D eigenvalue weighted by Gasteiger charge is -2.41. The van der Waals surface area contributed by atoms with E-state index in [0.29, 0.717) is 36.6 Å². The number of fused-ring (bicyclic) bond motifs is 1. The Hall–Kier alpha value is -3.71. The number of rotatable bonds is 9. The standard InChI is InChI=1S/C28H31NO6/c1-32-21-10-11-24(33-2)20(14-21)15-23-22-17-26(35-4)25(34-3)16-19(22)12-13-29(23)27(28(30)31)18-8-6-5-7-9-18/h5-11,14,16-17,23,27H,12-13,15H2,1-4H3,(H,30,31). The number of carbonyl (C=O) groups is 1. The molecule has 0 aliphatic carbocycles. The Morgan fingerprint density at radius 1 is 0.914 bits per heavy atom. The quantitative estimate of drug-likeness (QED) is 0.479. The Morgan fingerprint density at radius 2 is 1.60 bits per heavy atom. The average Bonchev–Trinajstić information content (AvgIpc) is 2.89. The Balaban J connectivity index is 1.87. The van der Waals surface area contributed by atoms with Gasteiger partial charge in [0.25, 0.3) is 0 Å². The van der Waals surface area contributed by atoms with Gasteiger partial charge >= 0.3 is 5.97 Å². The SMILES string of the molecule is COc1ccc(OC)c(CC2c3cc(OC)c(OC)cc3CCN2C(C(=O)O)c2ccccc2)c1. The minimum atomic E-state index is -0.886. The highest BCUT2D eigenvalue weighted by molar-refractivity contribution is 5.76. The monoisotopic (exact) mass is 477 g/mol. The van der Waals surface area contributed by atoms with Crippen molar-refractivity contribution in [2.45, 2.75) is 24.9 Å². The van der Waals surface area contributed by atoms with Crippen molar-refractivity contribution in [1.29, 1.82) is 0 Å². The van der Waals surface area contributed by atoms with Crippen molar-refractivity contribution >= 4 is 5.97 Å². The zero-order valence-electron chi connectivity index (χ0n) is 20.5. The lowest BCUT2D eigenvalue weighted by atomic mass is 9.86. The number of hydrogen-bond acceptors (Lipinski definition) is 6. The number of ether oxygens (including phenoxy) is 4. The van der Waals surface area contributed by atoms with Gasteiger partial charge in [0.2, 0.25) is 0 Å². The third-order valence-corrected chi connectivity index (χ3v) is 6.63. The topological polar surface area (TPSA) is 77.5 Å². The van der Waals surface area contributed by atoms with Gasteiger partial charge in [0.15, 0.2) is 11.5 Å². The van der Waals surface area contributed by atoms with Gasteiger partial charge in [0.1, 0.15) is 17.5 Å². The second kappa shape index (κ2) is 10.7. The molecule has 3 aromatic carbocycles. The predicted octanol–water partition coefficient (Wildman–Crippen LogP) is 4.69. The van der Waals surface area contributed by atoms with Crippen LogP contribution in [0.15, 0.2) is 60.7 Å². The zero-order valence-corrected chi connectivity index (χ0v) is 20.5. The summed E-state index contributed by atoms with van der Waals surface area (Å²) >= 11 is 0. The average molecular weight is 478 g/mol. The van der Waals surface area contributed by atoms with Crippen LogP contribution in [0.2, 0.25) is 0 Å². The van der Waals surface area contributed by atoms with E-state index in [1.54, 1.807) is 28.4 Å². The van der Waals surface area contributed by atoms with Crippen molar-refractivity contribution in [3.05, 3.63) is 82.9 Å². The first-order chi connectivity index (χ1) is 17.0.